The third-order valence-corrected chi connectivity index (χ3v) is 4.51. The third kappa shape index (κ3) is 5.07. The van der Waals surface area contributed by atoms with Crippen LogP contribution in [0.1, 0.15) is 52.6 Å². The molecule has 0 fully saturated rings. The van der Waals surface area contributed by atoms with Gasteiger partial charge in [0.25, 0.3) is 0 Å². The maximum absolute atomic E-state index is 12.8. The predicted molar refractivity (Wildman–Crippen MR) is 107 cm³/mol. The van der Waals surface area contributed by atoms with Gasteiger partial charge < -0.3 is 10.6 Å². The van der Waals surface area contributed by atoms with Gasteiger partial charge in [-0.15, -0.1) is 0 Å². The summed E-state index contributed by atoms with van der Waals surface area (Å²) >= 11 is 0. The topological polar surface area (TPSA) is 58.2 Å². The second-order valence-electron chi connectivity index (χ2n) is 7.69. The molecule has 4 nitrogen and oxygen atoms in total. The molecule has 0 heterocycles. The van der Waals surface area contributed by atoms with Crippen LogP contribution >= 0.6 is 0 Å². The summed E-state index contributed by atoms with van der Waals surface area (Å²) in [5, 5.41) is 8.25. The number of hydrogen-bond donors (Lipinski definition) is 2. The Morgan fingerprint density at radius 2 is 1.54 bits per heavy atom. The highest BCUT2D eigenvalue weighted by molar-refractivity contribution is 5.89. The van der Waals surface area contributed by atoms with E-state index in [9.17, 15) is 9.59 Å². The molecule has 0 saturated heterocycles. The largest absolute Gasteiger partial charge is 0.348 e. The van der Waals surface area contributed by atoms with E-state index in [4.69, 9.17) is 0 Å². The molecule has 2 aromatic rings. The normalized spacial score (nSPS) is 13.7. The molecule has 2 rings (SSSR count). The molecule has 140 valence electrons. The lowest BCUT2D eigenvalue weighted by atomic mass is 9.98. The molecular formula is C22H30N2O2. The lowest BCUT2D eigenvalue weighted by Crippen LogP contribution is -2.50. The van der Waals surface area contributed by atoms with E-state index in [1.54, 1.807) is 0 Å². The van der Waals surface area contributed by atoms with Gasteiger partial charge >= 0.3 is 0 Å². The van der Waals surface area contributed by atoms with E-state index in [1.807, 2.05) is 58.9 Å². The van der Waals surface area contributed by atoms with Crippen molar-refractivity contribution >= 4 is 22.6 Å². The summed E-state index contributed by atoms with van der Waals surface area (Å²) in [7, 11) is 0. The van der Waals surface area contributed by atoms with Crippen molar-refractivity contribution in [2.75, 3.05) is 0 Å². The summed E-state index contributed by atoms with van der Waals surface area (Å²) in [5.74, 6) is 0.0653. The van der Waals surface area contributed by atoms with Gasteiger partial charge in [-0.25, -0.2) is 0 Å². The Kier molecular flexibility index (Phi) is 6.78. The van der Waals surface area contributed by atoms with Crippen LogP contribution in [0.4, 0.5) is 0 Å². The minimum Gasteiger partial charge on any atom is -0.348 e. The molecule has 0 aliphatic rings. The first-order chi connectivity index (χ1) is 12.3. The molecule has 0 saturated carbocycles. The van der Waals surface area contributed by atoms with Crippen LogP contribution in [0.3, 0.4) is 0 Å². The second kappa shape index (κ2) is 8.84. The average molecular weight is 354 g/mol. The number of fused-ring (bicyclic) bond motifs is 1. The Labute approximate surface area is 156 Å². The molecule has 0 bridgehead atoms. The van der Waals surface area contributed by atoms with Crippen molar-refractivity contribution in [3.63, 3.8) is 0 Å². The van der Waals surface area contributed by atoms with Crippen molar-refractivity contribution < 1.29 is 9.59 Å². The average Bonchev–Trinajstić information content (AvgIpc) is 2.58. The molecule has 0 radical (unpaired) electrons. The minimum atomic E-state index is -0.529. The van der Waals surface area contributed by atoms with Crippen molar-refractivity contribution in [2.45, 2.75) is 53.1 Å². The summed E-state index contributed by atoms with van der Waals surface area (Å²) in [6.07, 6.45) is 0.426. The first-order valence-electron chi connectivity index (χ1n) is 9.37. The van der Waals surface area contributed by atoms with Crippen LogP contribution in [0.2, 0.25) is 0 Å². The molecule has 2 aromatic carbocycles. The van der Waals surface area contributed by atoms with E-state index in [2.05, 4.69) is 28.8 Å². The number of amides is 2. The Hall–Kier alpha value is -2.36. The van der Waals surface area contributed by atoms with Crippen molar-refractivity contribution in [1.29, 1.82) is 0 Å². The fourth-order valence-corrected chi connectivity index (χ4v) is 3.15. The number of rotatable bonds is 7. The van der Waals surface area contributed by atoms with Crippen LogP contribution < -0.4 is 10.6 Å². The van der Waals surface area contributed by atoms with Gasteiger partial charge in [-0.3, -0.25) is 9.59 Å². The fraction of sp³-hybridized carbons (Fsp3) is 0.455. The molecule has 2 amide bonds. The maximum atomic E-state index is 12.8. The van der Waals surface area contributed by atoms with E-state index in [1.165, 1.54) is 0 Å². The van der Waals surface area contributed by atoms with Crippen LogP contribution in [0, 0.1) is 11.8 Å². The molecule has 2 unspecified atom stereocenters. The van der Waals surface area contributed by atoms with Gasteiger partial charge in [0.2, 0.25) is 11.8 Å². The van der Waals surface area contributed by atoms with Gasteiger partial charge in [0.1, 0.15) is 6.04 Å². The summed E-state index contributed by atoms with van der Waals surface area (Å²) in [6.45, 7) is 9.86. The number of carbonyl (C=O) groups excluding carboxylic acids is 2. The van der Waals surface area contributed by atoms with Crippen LogP contribution in [-0.4, -0.2) is 17.9 Å². The van der Waals surface area contributed by atoms with E-state index in [-0.39, 0.29) is 29.7 Å². The van der Waals surface area contributed by atoms with E-state index < -0.39 is 6.04 Å². The number of carbonyl (C=O) groups is 2. The zero-order chi connectivity index (χ0) is 19.3. The van der Waals surface area contributed by atoms with Gasteiger partial charge in [-0.05, 0) is 35.1 Å². The quantitative estimate of drug-likeness (QED) is 0.783. The van der Waals surface area contributed by atoms with Crippen LogP contribution in [0.15, 0.2) is 42.5 Å². The minimum absolute atomic E-state index is 0.0193. The highest BCUT2D eigenvalue weighted by Crippen LogP contribution is 2.24. The predicted octanol–water partition coefficient (Wildman–Crippen LogP) is 4.20. The maximum Gasteiger partial charge on any atom is 0.243 e. The number of nitrogens with one attached hydrogen (secondary N) is 2. The van der Waals surface area contributed by atoms with Crippen molar-refractivity contribution in [1.82, 2.24) is 10.6 Å². The highest BCUT2D eigenvalue weighted by atomic mass is 16.2. The summed E-state index contributed by atoms with van der Waals surface area (Å²) in [5.41, 5.74) is 1.08. The zero-order valence-corrected chi connectivity index (χ0v) is 16.4. The molecular weight excluding hydrogens is 324 g/mol. The van der Waals surface area contributed by atoms with Crippen molar-refractivity contribution in [2.24, 2.45) is 11.8 Å². The smallest absolute Gasteiger partial charge is 0.243 e. The summed E-state index contributed by atoms with van der Waals surface area (Å²) in [6, 6.07) is 13.6. The van der Waals surface area contributed by atoms with Crippen LogP contribution in [0.5, 0.6) is 0 Å². The van der Waals surface area contributed by atoms with E-state index in [0.717, 1.165) is 16.3 Å². The van der Waals surface area contributed by atoms with Crippen LogP contribution in [0.25, 0.3) is 10.8 Å². The van der Waals surface area contributed by atoms with Gasteiger partial charge in [0.15, 0.2) is 0 Å². The van der Waals surface area contributed by atoms with Gasteiger partial charge in [-0.2, -0.15) is 0 Å². The number of benzene rings is 2. The molecule has 0 aromatic heterocycles. The van der Waals surface area contributed by atoms with E-state index in [0.29, 0.717) is 6.42 Å². The first-order valence-corrected chi connectivity index (χ1v) is 9.37. The molecule has 4 heteroatoms. The Morgan fingerprint density at radius 3 is 2.19 bits per heavy atom. The molecule has 26 heavy (non-hydrogen) atoms. The molecule has 2 atom stereocenters. The summed E-state index contributed by atoms with van der Waals surface area (Å²) in [4.78, 5) is 24.9. The molecule has 2 N–H and O–H groups in total. The standard InChI is InChI=1S/C22H30N2O2/c1-14(2)13-20(25)24-21(15(3)4)22(26)23-16(5)18-12-8-10-17-9-6-7-11-19(17)18/h6-12,14-16,21H,13H2,1-5H3,(H,23,26)(H,24,25). The number of hydrogen-bond acceptors (Lipinski definition) is 2. The fourth-order valence-electron chi connectivity index (χ4n) is 3.15. The Bertz CT molecular complexity index is 762. The first kappa shape index (κ1) is 20.0. The third-order valence-electron chi connectivity index (χ3n) is 4.51. The highest BCUT2D eigenvalue weighted by Gasteiger charge is 2.26. The summed E-state index contributed by atoms with van der Waals surface area (Å²) < 4.78 is 0. The van der Waals surface area contributed by atoms with E-state index >= 15 is 0 Å². The molecule has 0 aliphatic carbocycles. The Morgan fingerprint density at radius 1 is 0.885 bits per heavy atom. The lowest BCUT2D eigenvalue weighted by molar-refractivity contribution is -0.130. The lowest BCUT2D eigenvalue weighted by Gasteiger charge is -2.25. The van der Waals surface area contributed by atoms with Crippen LogP contribution in [-0.2, 0) is 9.59 Å². The van der Waals surface area contributed by atoms with Crippen molar-refractivity contribution in [3.05, 3.63) is 48.0 Å². The van der Waals surface area contributed by atoms with Crippen molar-refractivity contribution in [3.8, 4) is 0 Å². The molecule has 0 spiro atoms. The Balaban J connectivity index is 2.13. The zero-order valence-electron chi connectivity index (χ0n) is 16.4. The van der Waals surface area contributed by atoms with Gasteiger partial charge in [0.05, 0.1) is 6.04 Å². The molecule has 0 aliphatic heterocycles. The van der Waals surface area contributed by atoms with Gasteiger partial charge in [0, 0.05) is 6.42 Å². The monoisotopic (exact) mass is 354 g/mol. The van der Waals surface area contributed by atoms with Gasteiger partial charge in [-0.1, -0.05) is 70.2 Å². The second-order valence-corrected chi connectivity index (χ2v) is 7.69. The SMILES string of the molecule is CC(C)CC(=O)NC(C(=O)NC(C)c1cccc2ccccc12)C(C)C.